The molecular weight excluding hydrogens is 360 g/mol. The molecule has 2 heterocycles. The zero-order chi connectivity index (χ0) is 19.5. The zero-order valence-corrected chi connectivity index (χ0v) is 15.3. The van der Waals surface area contributed by atoms with Gasteiger partial charge in [-0.2, -0.15) is 5.23 Å². The second kappa shape index (κ2) is 6.03. The summed E-state index contributed by atoms with van der Waals surface area (Å²) >= 11 is 0. The number of nitrogens with one attached hydrogen (secondary N) is 1. The van der Waals surface area contributed by atoms with Crippen LogP contribution < -0.4 is 15.0 Å². The van der Waals surface area contributed by atoms with E-state index in [-0.39, 0.29) is 17.5 Å². The van der Waals surface area contributed by atoms with E-state index in [1.165, 1.54) is 0 Å². The molecule has 0 aromatic heterocycles. The number of amides is 1. The van der Waals surface area contributed by atoms with Crippen LogP contribution in [0.3, 0.4) is 0 Å². The van der Waals surface area contributed by atoms with Crippen molar-refractivity contribution in [3.8, 4) is 0 Å². The number of hydrogen-bond donors (Lipinski definition) is 2. The molecule has 5 rings (SSSR count). The Morgan fingerprint density at radius 3 is 2.64 bits per heavy atom. The van der Waals surface area contributed by atoms with Gasteiger partial charge in [-0.25, -0.2) is 5.21 Å². The summed E-state index contributed by atoms with van der Waals surface area (Å²) in [6, 6.07) is 14.3. The predicted molar refractivity (Wildman–Crippen MR) is 102 cm³/mol. The van der Waals surface area contributed by atoms with E-state index in [0.717, 1.165) is 29.8 Å². The number of rotatable bonds is 2. The van der Waals surface area contributed by atoms with Crippen LogP contribution in [-0.4, -0.2) is 29.7 Å². The lowest BCUT2D eigenvalue weighted by Crippen LogP contribution is -2.99. The summed E-state index contributed by atoms with van der Waals surface area (Å²) in [5, 5.41) is 23.8. The third-order valence-electron chi connectivity index (χ3n) is 5.96. The van der Waals surface area contributed by atoms with Crippen molar-refractivity contribution in [1.29, 1.82) is 0 Å². The van der Waals surface area contributed by atoms with Gasteiger partial charge in [0.1, 0.15) is 5.92 Å². The van der Waals surface area contributed by atoms with Gasteiger partial charge in [-0.3, -0.25) is 9.69 Å². The number of benzene rings is 2. The van der Waals surface area contributed by atoms with Gasteiger partial charge in [-0.15, -0.1) is 0 Å². The van der Waals surface area contributed by atoms with E-state index in [0.29, 0.717) is 12.3 Å². The van der Waals surface area contributed by atoms with Crippen molar-refractivity contribution in [2.24, 2.45) is 11.1 Å². The third kappa shape index (κ3) is 2.22. The molecule has 3 unspecified atom stereocenters. The Kier molecular flexibility index (Phi) is 3.70. The third-order valence-corrected chi connectivity index (χ3v) is 5.96. The summed E-state index contributed by atoms with van der Waals surface area (Å²) in [6.45, 7) is 0. The number of carbonyl (C=O) groups is 1. The molecule has 0 bridgehead atoms. The quantitative estimate of drug-likeness (QED) is 0.775. The first-order valence-electron chi connectivity index (χ1n) is 9.30. The van der Waals surface area contributed by atoms with Crippen molar-refractivity contribution in [3.05, 3.63) is 59.3 Å². The summed E-state index contributed by atoms with van der Waals surface area (Å²) in [4.78, 5) is 23.0. The Labute approximate surface area is 161 Å². The van der Waals surface area contributed by atoms with Crippen LogP contribution in [0.1, 0.15) is 24.8 Å². The van der Waals surface area contributed by atoms with E-state index in [9.17, 15) is 10.0 Å². The monoisotopic (exact) mass is 380 g/mol. The molecule has 28 heavy (non-hydrogen) atoms. The fraction of sp³-hybridized carbons (Fsp3) is 0.300. The number of quaternary nitrogens is 1. The Morgan fingerprint density at radius 2 is 1.93 bits per heavy atom. The van der Waals surface area contributed by atoms with Crippen LogP contribution >= 0.6 is 0 Å². The molecule has 1 saturated carbocycles. The summed E-state index contributed by atoms with van der Waals surface area (Å²) in [7, 11) is 1.80. The number of hydrogen-bond acceptors (Lipinski definition) is 6. The summed E-state index contributed by atoms with van der Waals surface area (Å²) in [5.41, 5.74) is 1.80. The molecule has 0 radical (unpaired) electrons. The van der Waals surface area contributed by atoms with Gasteiger partial charge in [0.05, 0.1) is 11.4 Å². The van der Waals surface area contributed by atoms with Crippen LogP contribution in [0.4, 0.5) is 17.1 Å². The molecule has 3 atom stereocenters. The number of anilines is 2. The average molecular weight is 380 g/mol. The lowest BCUT2D eigenvalue weighted by molar-refractivity contribution is -0.991. The molecule has 2 aromatic rings. The van der Waals surface area contributed by atoms with Crippen molar-refractivity contribution < 1.29 is 20.1 Å². The summed E-state index contributed by atoms with van der Waals surface area (Å²) in [6.07, 6.45) is 2.32. The molecule has 8 heteroatoms. The van der Waals surface area contributed by atoms with E-state index in [1.54, 1.807) is 36.2 Å². The zero-order valence-electron chi connectivity index (χ0n) is 15.3. The van der Waals surface area contributed by atoms with Crippen LogP contribution in [0.15, 0.2) is 53.7 Å². The first-order valence-corrected chi connectivity index (χ1v) is 9.30. The number of carbonyl (C=O) groups excluding carboxylic acids is 1. The van der Waals surface area contributed by atoms with Crippen molar-refractivity contribution >= 4 is 28.8 Å². The Bertz CT molecular complexity index is 974. The van der Waals surface area contributed by atoms with E-state index in [2.05, 4.69) is 5.16 Å². The summed E-state index contributed by atoms with van der Waals surface area (Å²) < 4.78 is 0. The second-order valence-corrected chi connectivity index (χ2v) is 7.40. The van der Waals surface area contributed by atoms with E-state index in [1.807, 2.05) is 29.2 Å². The van der Waals surface area contributed by atoms with Crippen molar-refractivity contribution in [3.63, 3.8) is 0 Å². The molecule has 2 aromatic carbocycles. The maximum atomic E-state index is 13.2. The fourth-order valence-electron chi connectivity index (χ4n) is 4.59. The lowest BCUT2D eigenvalue weighted by Gasteiger charge is -2.36. The Morgan fingerprint density at radius 1 is 1.21 bits per heavy atom. The maximum absolute atomic E-state index is 13.2. The van der Waals surface area contributed by atoms with Crippen LogP contribution in [0.25, 0.3) is 0 Å². The van der Waals surface area contributed by atoms with E-state index >= 15 is 0 Å². The minimum atomic E-state index is -0.976. The Hall–Kier alpha value is -2.94. The first kappa shape index (κ1) is 17.2. The molecular formula is C20H20N4O4. The predicted octanol–water partition coefficient (Wildman–Crippen LogP) is 1.76. The molecule has 144 valence electrons. The molecule has 3 aliphatic rings. The summed E-state index contributed by atoms with van der Waals surface area (Å²) in [5.74, 6) is 0.314. The van der Waals surface area contributed by atoms with Crippen LogP contribution in [0.5, 0.6) is 0 Å². The number of fused-ring (bicyclic) bond motifs is 2. The standard InChI is InChI=1S/C20H20N4O4/c1-22-16-6-2-3-7-17(16)23-18(13-8-10-14(11-9-13)24(26)27)21-28-20(23)12-4-5-15(20)19(22)25/h2-3,6-11,15,24,26H,4-5,12H2,1H3. The van der Waals surface area contributed by atoms with Gasteiger partial charge in [0, 0.05) is 31.2 Å². The molecule has 1 amide bonds. The molecule has 1 spiro atoms. The highest BCUT2D eigenvalue weighted by Crippen LogP contribution is 2.52. The van der Waals surface area contributed by atoms with Crippen LogP contribution in [0.2, 0.25) is 0 Å². The normalized spacial score (nSPS) is 26.8. The van der Waals surface area contributed by atoms with E-state index < -0.39 is 11.0 Å². The minimum Gasteiger partial charge on any atom is -0.595 e. The molecule has 1 fully saturated rings. The van der Waals surface area contributed by atoms with Gasteiger partial charge in [-0.1, -0.05) is 17.3 Å². The number of para-hydroxylation sites is 2. The highest BCUT2D eigenvalue weighted by Gasteiger charge is 2.61. The van der Waals surface area contributed by atoms with Gasteiger partial charge in [0.2, 0.25) is 11.6 Å². The molecule has 2 N–H and O–H groups in total. The largest absolute Gasteiger partial charge is 0.595 e. The number of nitrogens with zero attached hydrogens (tertiary/aromatic N) is 3. The van der Waals surface area contributed by atoms with Crippen LogP contribution in [0, 0.1) is 11.1 Å². The lowest BCUT2D eigenvalue weighted by atomic mass is 9.96. The number of amidine groups is 1. The molecule has 0 saturated heterocycles. The smallest absolute Gasteiger partial charge is 0.236 e. The van der Waals surface area contributed by atoms with Crippen LogP contribution in [-0.2, 0) is 9.63 Å². The SMILES string of the molecule is CN1C(=O)C2CCCC23ON=C(c2ccc([NH+]([O-])O)cc2)N3c2ccccc21. The van der Waals surface area contributed by atoms with Gasteiger partial charge in [0.15, 0.2) is 11.5 Å². The minimum absolute atomic E-state index is 0.0325. The first-order chi connectivity index (χ1) is 13.5. The van der Waals surface area contributed by atoms with Gasteiger partial charge < -0.3 is 14.9 Å². The fourth-order valence-corrected chi connectivity index (χ4v) is 4.59. The maximum Gasteiger partial charge on any atom is 0.236 e. The topological polar surface area (TPSA) is 92.9 Å². The van der Waals surface area contributed by atoms with Gasteiger partial charge in [0.25, 0.3) is 0 Å². The Balaban J connectivity index is 1.67. The van der Waals surface area contributed by atoms with Gasteiger partial charge in [-0.05, 0) is 37.1 Å². The van der Waals surface area contributed by atoms with E-state index in [4.69, 9.17) is 10.0 Å². The van der Waals surface area contributed by atoms with Crippen molar-refractivity contribution in [1.82, 2.24) is 0 Å². The second-order valence-electron chi connectivity index (χ2n) is 7.40. The molecule has 2 aliphatic heterocycles. The highest BCUT2D eigenvalue weighted by molar-refractivity contribution is 6.16. The molecule has 1 aliphatic carbocycles. The average Bonchev–Trinajstić information content (AvgIpc) is 3.30. The van der Waals surface area contributed by atoms with Gasteiger partial charge >= 0.3 is 0 Å². The number of oxime groups is 1. The van der Waals surface area contributed by atoms with Crippen molar-refractivity contribution in [2.45, 2.75) is 25.0 Å². The molecule has 8 nitrogen and oxygen atoms in total. The highest BCUT2D eigenvalue weighted by atomic mass is 16.8. The van der Waals surface area contributed by atoms with Crippen molar-refractivity contribution in [2.75, 3.05) is 16.8 Å².